The second-order valence-corrected chi connectivity index (χ2v) is 18.5. The number of rotatable bonds is 30. The van der Waals surface area contributed by atoms with Crippen molar-refractivity contribution in [1.29, 1.82) is 0 Å². The zero-order valence-electron chi connectivity index (χ0n) is 43.0. The number of hydrogen-bond acceptors (Lipinski definition) is 11. The number of nitrogens with zero attached hydrogens (tertiary/aromatic N) is 1. The van der Waals surface area contributed by atoms with Crippen LogP contribution >= 0.6 is 0 Å². The van der Waals surface area contributed by atoms with E-state index in [0.29, 0.717) is 35.1 Å². The standard InChI is InChI=1S/C56H67N9O12/c1-3-4-15-43(61-49(69)30-37-20-25-40(67)26-21-37)53(74)60-34-50(70)62-45(31-38-33-59-42-16-9-8-14-41(38)42)55(76)63-44(17-10-11-28-58-48(68)27-22-35-18-23-39(66)24-19-35)54(75)64-46(32-51(71)72)56(77)65(2)47(52(57)73)29-36-12-6-5-7-13-36/h5-9,12-14,16,18-27,33,43-47,59,66-67H,3-4,10-11,15,17,28-32,34H2,1-2H3,(H2,57,73)(H,58,68)(H,60,74)(H,61,69)(H,62,70)(H,63,76)(H,64,75)(H,71,72)/b27-22+/t43-,44-,45-,46-,47-/m0/s1. The van der Waals surface area contributed by atoms with Gasteiger partial charge in [0.05, 0.1) is 19.4 Å². The molecule has 0 aliphatic heterocycles. The summed E-state index contributed by atoms with van der Waals surface area (Å²) in [6, 6.07) is 21.2. The van der Waals surface area contributed by atoms with E-state index in [4.69, 9.17) is 5.73 Å². The number of primary amides is 1. The van der Waals surface area contributed by atoms with E-state index in [9.17, 15) is 58.5 Å². The van der Waals surface area contributed by atoms with Crippen molar-refractivity contribution in [3.63, 3.8) is 0 Å². The number of H-pyrrole nitrogens is 1. The van der Waals surface area contributed by atoms with E-state index in [1.54, 1.807) is 79.0 Å². The lowest BCUT2D eigenvalue weighted by atomic mass is 10.0. The fourth-order valence-electron chi connectivity index (χ4n) is 8.34. The number of aromatic amines is 1. The lowest BCUT2D eigenvalue weighted by Crippen LogP contribution is -2.59. The molecule has 0 radical (unpaired) electrons. The topological polar surface area (TPSA) is 332 Å². The zero-order chi connectivity index (χ0) is 55.9. The van der Waals surface area contributed by atoms with Gasteiger partial charge in [-0.25, -0.2) is 0 Å². The molecule has 0 aliphatic rings. The summed E-state index contributed by atoms with van der Waals surface area (Å²) in [5, 5.41) is 45.7. The first-order valence-corrected chi connectivity index (χ1v) is 25.3. The Morgan fingerprint density at radius 2 is 1.26 bits per heavy atom. The van der Waals surface area contributed by atoms with Crippen LogP contribution in [0.15, 0.2) is 115 Å². The molecule has 0 bridgehead atoms. The van der Waals surface area contributed by atoms with Gasteiger partial charge in [0.2, 0.25) is 47.3 Å². The fourth-order valence-corrected chi connectivity index (χ4v) is 8.34. The van der Waals surface area contributed by atoms with E-state index in [1.165, 1.54) is 37.4 Å². The number of carbonyl (C=O) groups excluding carboxylic acids is 8. The third-order valence-corrected chi connectivity index (χ3v) is 12.6. The number of unbranched alkanes of at least 4 members (excludes halogenated alkanes) is 2. The molecule has 408 valence electrons. The Morgan fingerprint density at radius 1 is 0.649 bits per heavy atom. The highest BCUT2D eigenvalue weighted by atomic mass is 16.4. The lowest BCUT2D eigenvalue weighted by Gasteiger charge is -2.30. The predicted molar refractivity (Wildman–Crippen MR) is 286 cm³/mol. The summed E-state index contributed by atoms with van der Waals surface area (Å²) in [5.74, 6) is -7.37. The number of nitrogens with one attached hydrogen (secondary N) is 7. The molecular weight excluding hydrogens is 991 g/mol. The molecule has 4 aromatic carbocycles. The summed E-state index contributed by atoms with van der Waals surface area (Å²) in [6.45, 7) is 1.43. The zero-order valence-corrected chi connectivity index (χ0v) is 43.0. The van der Waals surface area contributed by atoms with E-state index >= 15 is 0 Å². The van der Waals surface area contributed by atoms with Gasteiger partial charge in [0.25, 0.3) is 0 Å². The van der Waals surface area contributed by atoms with Crippen molar-refractivity contribution >= 4 is 70.2 Å². The maximum atomic E-state index is 14.6. The van der Waals surface area contributed by atoms with E-state index in [0.717, 1.165) is 15.8 Å². The molecule has 0 unspecified atom stereocenters. The number of phenols is 2. The third-order valence-electron chi connectivity index (χ3n) is 12.6. The summed E-state index contributed by atoms with van der Waals surface area (Å²) in [4.78, 5) is 125. The number of para-hydroxylation sites is 1. The summed E-state index contributed by atoms with van der Waals surface area (Å²) in [6.07, 6.45) is 5.29. The quantitative estimate of drug-likeness (QED) is 0.0234. The van der Waals surface area contributed by atoms with Crippen LogP contribution in [0.1, 0.15) is 74.1 Å². The summed E-state index contributed by atoms with van der Waals surface area (Å²) < 4.78 is 0. The summed E-state index contributed by atoms with van der Waals surface area (Å²) >= 11 is 0. The molecule has 0 fully saturated rings. The van der Waals surface area contributed by atoms with Crippen LogP contribution in [0.25, 0.3) is 17.0 Å². The van der Waals surface area contributed by atoms with Crippen molar-refractivity contribution in [3.8, 4) is 11.5 Å². The smallest absolute Gasteiger partial charge is 0.305 e. The van der Waals surface area contributed by atoms with Crippen LogP contribution in [-0.4, -0.2) is 129 Å². The number of carbonyl (C=O) groups is 9. The van der Waals surface area contributed by atoms with E-state index in [2.05, 4.69) is 36.9 Å². The molecule has 5 rings (SSSR count). The Hall–Kier alpha value is -9.01. The fraction of sp³-hybridized carbons (Fsp3) is 0.339. The average molecular weight is 1060 g/mol. The van der Waals surface area contributed by atoms with Gasteiger partial charge in [0.15, 0.2) is 0 Å². The minimum Gasteiger partial charge on any atom is -0.508 e. The van der Waals surface area contributed by atoms with Crippen molar-refractivity contribution in [2.45, 2.75) is 101 Å². The molecule has 5 aromatic rings. The largest absolute Gasteiger partial charge is 0.508 e. The molecule has 0 saturated carbocycles. The molecule has 12 N–H and O–H groups in total. The molecule has 0 saturated heterocycles. The maximum absolute atomic E-state index is 14.6. The van der Waals surface area contributed by atoms with E-state index in [1.807, 2.05) is 19.1 Å². The Labute approximate surface area is 445 Å². The third kappa shape index (κ3) is 19.3. The van der Waals surface area contributed by atoms with Gasteiger partial charge in [-0.3, -0.25) is 43.2 Å². The molecule has 21 nitrogen and oxygen atoms in total. The van der Waals surface area contributed by atoms with Gasteiger partial charge in [-0.1, -0.05) is 92.6 Å². The van der Waals surface area contributed by atoms with Crippen LogP contribution < -0.4 is 37.6 Å². The Bertz CT molecular complexity index is 2850. The maximum Gasteiger partial charge on any atom is 0.305 e. The Morgan fingerprint density at radius 3 is 1.94 bits per heavy atom. The molecule has 1 heterocycles. The predicted octanol–water partition coefficient (Wildman–Crippen LogP) is 2.64. The molecular formula is C56H67N9O12. The van der Waals surface area contributed by atoms with Gasteiger partial charge in [-0.05, 0) is 84.3 Å². The molecule has 21 heteroatoms. The number of hydrogen-bond donors (Lipinski definition) is 11. The monoisotopic (exact) mass is 1060 g/mol. The van der Waals surface area contributed by atoms with E-state index in [-0.39, 0.29) is 63.0 Å². The number of nitrogens with two attached hydrogens (primary N) is 1. The molecule has 1 aromatic heterocycles. The first kappa shape index (κ1) is 58.9. The highest BCUT2D eigenvalue weighted by molar-refractivity contribution is 5.98. The Balaban J connectivity index is 1.35. The SMILES string of the molecule is CCCC[C@H](NC(=O)Cc1ccc(O)cc1)C(=O)NCC(=O)N[C@@H](Cc1c[nH]c2ccccc12)C(=O)N[C@@H](CCCCNC(=O)/C=C/c1ccc(O)cc1)C(=O)N[C@@H](CC(=O)O)C(=O)N(C)[C@@H](Cc1ccccc1)C(N)=O. The van der Waals surface area contributed by atoms with Crippen LogP contribution in [0.3, 0.4) is 0 Å². The molecule has 77 heavy (non-hydrogen) atoms. The van der Waals surface area contributed by atoms with Gasteiger partial charge < -0.3 is 62.8 Å². The van der Waals surface area contributed by atoms with Crippen LogP contribution in [-0.2, 0) is 62.4 Å². The van der Waals surface area contributed by atoms with Crippen LogP contribution in [0.5, 0.6) is 11.5 Å². The summed E-state index contributed by atoms with van der Waals surface area (Å²) in [7, 11) is 1.26. The van der Waals surface area contributed by atoms with Crippen molar-refractivity contribution in [2.75, 3.05) is 20.1 Å². The van der Waals surface area contributed by atoms with Gasteiger partial charge >= 0.3 is 5.97 Å². The van der Waals surface area contributed by atoms with Gasteiger partial charge in [-0.15, -0.1) is 0 Å². The first-order chi connectivity index (χ1) is 36.9. The second-order valence-electron chi connectivity index (χ2n) is 18.5. The normalized spacial score (nSPS) is 13.0. The average Bonchev–Trinajstić information content (AvgIpc) is 3.82. The van der Waals surface area contributed by atoms with Crippen molar-refractivity contribution in [2.24, 2.45) is 5.73 Å². The lowest BCUT2D eigenvalue weighted by molar-refractivity contribution is -0.146. The van der Waals surface area contributed by atoms with E-state index < -0.39 is 96.4 Å². The number of amides is 8. The number of aromatic nitrogens is 1. The van der Waals surface area contributed by atoms with Crippen LogP contribution in [0, 0.1) is 0 Å². The van der Waals surface area contributed by atoms with Gasteiger partial charge in [0, 0.05) is 49.6 Å². The molecule has 5 atom stereocenters. The number of benzene rings is 4. The van der Waals surface area contributed by atoms with Crippen LogP contribution in [0.2, 0.25) is 0 Å². The first-order valence-electron chi connectivity index (χ1n) is 25.3. The summed E-state index contributed by atoms with van der Waals surface area (Å²) in [5.41, 5.74) is 8.98. The van der Waals surface area contributed by atoms with Crippen molar-refractivity contribution in [3.05, 3.63) is 138 Å². The number of aliphatic carboxylic acids is 1. The number of carboxylic acid groups (broad SMARTS) is 1. The number of aromatic hydroxyl groups is 2. The minimum atomic E-state index is -1.74. The molecule has 8 amide bonds. The van der Waals surface area contributed by atoms with Crippen molar-refractivity contribution < 1.29 is 58.5 Å². The number of phenolic OH excluding ortho intramolecular Hbond substituents is 2. The van der Waals surface area contributed by atoms with Gasteiger partial charge in [-0.2, -0.15) is 0 Å². The molecule has 0 spiro atoms. The number of carboxylic acids is 1. The Kier molecular flexibility index (Phi) is 22.8. The van der Waals surface area contributed by atoms with Crippen LogP contribution in [0.4, 0.5) is 0 Å². The number of likely N-dealkylation sites (N-methyl/N-ethyl adjacent to an activating group) is 1. The molecule has 0 aliphatic carbocycles. The highest BCUT2D eigenvalue weighted by Crippen LogP contribution is 2.20. The second kappa shape index (κ2) is 29.8. The highest BCUT2D eigenvalue weighted by Gasteiger charge is 2.35. The number of fused-ring (bicyclic) bond motifs is 1. The van der Waals surface area contributed by atoms with Crippen molar-refractivity contribution in [1.82, 2.24) is 41.8 Å². The minimum absolute atomic E-state index is 0.0146. The van der Waals surface area contributed by atoms with Gasteiger partial charge in [0.1, 0.15) is 41.7 Å².